The average molecular weight is 1130 g/mol. The van der Waals surface area contributed by atoms with E-state index in [2.05, 4.69) is 118 Å². The van der Waals surface area contributed by atoms with Crippen LogP contribution in [0.1, 0.15) is 342 Å². The third kappa shape index (κ3) is 67.0. The molecular weight excluding hydrogens is 997 g/mol. The summed E-state index contributed by atoms with van der Waals surface area (Å²) >= 11 is 0. The maximum atomic E-state index is 12.9. The van der Waals surface area contributed by atoms with Gasteiger partial charge in [-0.15, -0.1) is 0 Å². The van der Waals surface area contributed by atoms with Crippen LogP contribution in [0.25, 0.3) is 0 Å². The third-order valence-electron chi connectivity index (χ3n) is 15.1. The van der Waals surface area contributed by atoms with Crippen molar-refractivity contribution in [3.63, 3.8) is 0 Å². The fourth-order valence-corrected chi connectivity index (χ4v) is 9.96. The highest BCUT2D eigenvalue weighted by Crippen LogP contribution is 2.18. The number of esters is 3. The molecule has 0 saturated heterocycles. The Bertz CT molecular complexity index is 1580. The number of allylic oxidation sites excluding steroid dienone is 16. The van der Waals surface area contributed by atoms with E-state index in [9.17, 15) is 14.4 Å². The highest BCUT2D eigenvalue weighted by Gasteiger charge is 2.19. The second-order valence-electron chi connectivity index (χ2n) is 23.0. The molecule has 1 unspecified atom stereocenters. The van der Waals surface area contributed by atoms with Crippen molar-refractivity contribution in [3.05, 3.63) is 97.2 Å². The first kappa shape index (κ1) is 77.3. The second kappa shape index (κ2) is 68.8. The largest absolute Gasteiger partial charge is 0.462 e. The van der Waals surface area contributed by atoms with Gasteiger partial charge in [-0.1, -0.05) is 323 Å². The smallest absolute Gasteiger partial charge is 0.306 e. The van der Waals surface area contributed by atoms with Crippen LogP contribution in [0.2, 0.25) is 0 Å². The van der Waals surface area contributed by atoms with Crippen LogP contribution in [-0.4, -0.2) is 37.2 Å². The van der Waals surface area contributed by atoms with Gasteiger partial charge in [-0.3, -0.25) is 14.4 Å². The summed E-state index contributed by atoms with van der Waals surface area (Å²) in [5, 5.41) is 0. The Morgan fingerprint density at radius 3 is 0.778 bits per heavy atom. The van der Waals surface area contributed by atoms with E-state index in [1.165, 1.54) is 186 Å². The summed E-state index contributed by atoms with van der Waals surface area (Å²) in [7, 11) is 0. The Hall–Kier alpha value is -3.67. The van der Waals surface area contributed by atoms with Crippen molar-refractivity contribution in [3.8, 4) is 0 Å². The molecule has 0 aromatic carbocycles. The van der Waals surface area contributed by atoms with Crippen LogP contribution < -0.4 is 0 Å². The molecule has 0 bridgehead atoms. The first-order valence-corrected chi connectivity index (χ1v) is 34.7. The number of hydrogen-bond acceptors (Lipinski definition) is 6. The molecule has 0 aliphatic heterocycles. The van der Waals surface area contributed by atoms with Crippen molar-refractivity contribution in [1.29, 1.82) is 0 Å². The van der Waals surface area contributed by atoms with Gasteiger partial charge in [-0.25, -0.2) is 0 Å². The summed E-state index contributed by atoms with van der Waals surface area (Å²) in [5.41, 5.74) is 0. The molecule has 0 aromatic rings. The number of ether oxygens (including phenoxy) is 3. The first-order chi connectivity index (χ1) is 40.0. The molecule has 466 valence electrons. The Balaban J connectivity index is 4.31. The standard InChI is InChI=1S/C75H130O6/c1-4-7-10-13-16-19-22-25-28-30-32-34-35-36-37-38-39-41-42-44-47-50-53-56-59-62-65-68-74(77)80-71-72(70-79-73(76)67-64-61-58-55-52-49-46-27-24-21-18-15-12-9-6-3)81-75(78)69-66-63-60-57-54-51-48-45-43-40-33-31-29-26-23-20-17-14-11-8-5-2/h8-9,11-12,17-18,20-21,26-27,29,33,40,46,52,55,72H,4-7,10,13-16,19,22-25,28,30-32,34-39,41-45,47-51,53-54,56-71H2,1-3H3/b11-8-,12-9-,20-17-,21-18-,29-26-,40-33-,46-27-,55-52-. The van der Waals surface area contributed by atoms with E-state index in [0.717, 1.165) is 116 Å². The summed E-state index contributed by atoms with van der Waals surface area (Å²) in [5.74, 6) is -0.929. The Labute approximate surface area is 502 Å². The van der Waals surface area contributed by atoms with E-state index >= 15 is 0 Å². The van der Waals surface area contributed by atoms with E-state index < -0.39 is 6.10 Å². The van der Waals surface area contributed by atoms with Crippen LogP contribution in [0.5, 0.6) is 0 Å². The molecular formula is C75H130O6. The molecule has 81 heavy (non-hydrogen) atoms. The zero-order valence-electron chi connectivity index (χ0n) is 53.5. The van der Waals surface area contributed by atoms with Crippen molar-refractivity contribution < 1.29 is 28.6 Å². The third-order valence-corrected chi connectivity index (χ3v) is 15.1. The quantitative estimate of drug-likeness (QED) is 0.0261. The summed E-state index contributed by atoms with van der Waals surface area (Å²) in [6.07, 6.45) is 93.0. The van der Waals surface area contributed by atoms with Crippen molar-refractivity contribution in [1.82, 2.24) is 0 Å². The van der Waals surface area contributed by atoms with E-state index in [1.807, 2.05) is 0 Å². The molecule has 6 heteroatoms. The van der Waals surface area contributed by atoms with E-state index in [-0.39, 0.29) is 31.1 Å². The maximum Gasteiger partial charge on any atom is 0.306 e. The molecule has 0 aliphatic rings. The van der Waals surface area contributed by atoms with Gasteiger partial charge in [0.05, 0.1) is 0 Å². The topological polar surface area (TPSA) is 78.9 Å². The van der Waals surface area contributed by atoms with Crippen LogP contribution >= 0.6 is 0 Å². The minimum Gasteiger partial charge on any atom is -0.462 e. The zero-order chi connectivity index (χ0) is 58.5. The van der Waals surface area contributed by atoms with Gasteiger partial charge in [0.2, 0.25) is 0 Å². The average Bonchev–Trinajstić information content (AvgIpc) is 3.47. The number of rotatable bonds is 63. The summed E-state index contributed by atoms with van der Waals surface area (Å²) in [4.78, 5) is 38.4. The summed E-state index contributed by atoms with van der Waals surface area (Å²) < 4.78 is 16.9. The predicted octanol–water partition coefficient (Wildman–Crippen LogP) is 24.0. The molecule has 0 saturated carbocycles. The Morgan fingerprint density at radius 1 is 0.259 bits per heavy atom. The molecule has 0 N–H and O–H groups in total. The van der Waals surface area contributed by atoms with E-state index in [1.54, 1.807) is 0 Å². The monoisotopic (exact) mass is 1130 g/mol. The fraction of sp³-hybridized carbons (Fsp3) is 0.747. The van der Waals surface area contributed by atoms with Crippen molar-refractivity contribution >= 4 is 17.9 Å². The lowest BCUT2D eigenvalue weighted by Gasteiger charge is -2.18. The van der Waals surface area contributed by atoms with Gasteiger partial charge in [0.25, 0.3) is 0 Å². The number of unbranched alkanes of at least 4 members (excludes halogenated alkanes) is 36. The molecule has 0 fully saturated rings. The summed E-state index contributed by atoms with van der Waals surface area (Å²) in [6, 6.07) is 0. The van der Waals surface area contributed by atoms with E-state index in [4.69, 9.17) is 14.2 Å². The van der Waals surface area contributed by atoms with Crippen molar-refractivity contribution in [2.45, 2.75) is 348 Å². The van der Waals surface area contributed by atoms with Gasteiger partial charge in [0.1, 0.15) is 13.2 Å². The molecule has 0 heterocycles. The van der Waals surface area contributed by atoms with Gasteiger partial charge in [-0.05, 0) is 96.3 Å². The van der Waals surface area contributed by atoms with E-state index in [0.29, 0.717) is 19.3 Å². The Kier molecular flexibility index (Phi) is 65.7. The lowest BCUT2D eigenvalue weighted by Crippen LogP contribution is -2.30. The number of carbonyl (C=O) groups is 3. The molecule has 0 aliphatic carbocycles. The zero-order valence-corrected chi connectivity index (χ0v) is 53.5. The van der Waals surface area contributed by atoms with Gasteiger partial charge in [-0.2, -0.15) is 0 Å². The van der Waals surface area contributed by atoms with Crippen molar-refractivity contribution in [2.75, 3.05) is 13.2 Å². The highest BCUT2D eigenvalue weighted by molar-refractivity contribution is 5.71. The van der Waals surface area contributed by atoms with Gasteiger partial charge >= 0.3 is 17.9 Å². The van der Waals surface area contributed by atoms with Crippen LogP contribution in [0.4, 0.5) is 0 Å². The molecule has 6 nitrogen and oxygen atoms in total. The fourth-order valence-electron chi connectivity index (χ4n) is 9.96. The Morgan fingerprint density at radius 2 is 0.481 bits per heavy atom. The minimum atomic E-state index is -0.801. The van der Waals surface area contributed by atoms with Crippen LogP contribution in [0, 0.1) is 0 Å². The molecule has 1 atom stereocenters. The van der Waals surface area contributed by atoms with Crippen LogP contribution in [0.15, 0.2) is 97.2 Å². The van der Waals surface area contributed by atoms with Crippen LogP contribution in [-0.2, 0) is 28.6 Å². The van der Waals surface area contributed by atoms with Crippen LogP contribution in [0.3, 0.4) is 0 Å². The minimum absolute atomic E-state index is 0.0918. The SMILES string of the molecule is CC/C=C\C/C=C\C/C=C\C/C=C\CCCCCCCCCCC(=O)OC(COC(=O)CCCC/C=C\C/C=C\C/C=C\C/C=C\CC)COC(=O)CCCCCCCCCCCCCCCCCCCCCCCCCCCCC. The number of hydrogen-bond donors (Lipinski definition) is 0. The highest BCUT2D eigenvalue weighted by atomic mass is 16.6. The van der Waals surface area contributed by atoms with Gasteiger partial charge in [0, 0.05) is 19.3 Å². The molecule has 0 spiro atoms. The molecule has 0 radical (unpaired) electrons. The van der Waals surface area contributed by atoms with Crippen molar-refractivity contribution in [2.24, 2.45) is 0 Å². The lowest BCUT2D eigenvalue weighted by molar-refractivity contribution is -0.167. The number of carbonyl (C=O) groups excluding carboxylic acids is 3. The maximum absolute atomic E-state index is 12.9. The van der Waals surface area contributed by atoms with Gasteiger partial charge < -0.3 is 14.2 Å². The predicted molar refractivity (Wildman–Crippen MR) is 353 cm³/mol. The molecule has 0 rings (SSSR count). The lowest BCUT2D eigenvalue weighted by atomic mass is 10.0. The molecule has 0 amide bonds. The normalized spacial score (nSPS) is 12.7. The second-order valence-corrected chi connectivity index (χ2v) is 23.0. The molecule has 0 aromatic heterocycles. The first-order valence-electron chi connectivity index (χ1n) is 34.7. The van der Waals surface area contributed by atoms with Gasteiger partial charge in [0.15, 0.2) is 6.10 Å². The summed E-state index contributed by atoms with van der Waals surface area (Å²) in [6.45, 7) is 6.42.